The first kappa shape index (κ1) is 17.9. The highest BCUT2D eigenvalue weighted by atomic mass is 19.4. The molecule has 0 aliphatic heterocycles. The number of aromatic nitrogens is 3. The maximum Gasteiger partial charge on any atom is 0.573 e. The van der Waals surface area contributed by atoms with Crippen molar-refractivity contribution in [2.24, 2.45) is 7.05 Å². The molecule has 1 N–H and O–H groups in total. The van der Waals surface area contributed by atoms with Gasteiger partial charge in [-0.25, -0.2) is 9.78 Å². The number of benzene rings is 2. The van der Waals surface area contributed by atoms with E-state index in [0.717, 1.165) is 11.3 Å². The summed E-state index contributed by atoms with van der Waals surface area (Å²) in [5.41, 5.74) is 2.74. The molecule has 2 aromatic carbocycles. The van der Waals surface area contributed by atoms with E-state index in [9.17, 15) is 23.1 Å². The highest BCUT2D eigenvalue weighted by Crippen LogP contribution is 2.33. The van der Waals surface area contributed by atoms with Crippen molar-refractivity contribution in [3.8, 4) is 11.4 Å². The maximum absolute atomic E-state index is 12.4. The molecule has 2 heterocycles. The predicted molar refractivity (Wildman–Crippen MR) is 95.9 cm³/mol. The van der Waals surface area contributed by atoms with Gasteiger partial charge in [0.1, 0.15) is 11.6 Å². The first-order valence-electron chi connectivity index (χ1n) is 8.22. The Balaban J connectivity index is 1.95. The molecule has 0 aliphatic carbocycles. The van der Waals surface area contributed by atoms with Crippen LogP contribution in [0.5, 0.6) is 5.75 Å². The van der Waals surface area contributed by atoms with Crippen LogP contribution < -0.4 is 4.74 Å². The molecule has 0 aliphatic rings. The molecule has 144 valence electrons. The number of rotatable bonds is 3. The first-order chi connectivity index (χ1) is 13.2. The molecule has 6 nitrogen and oxygen atoms in total. The molecule has 0 unspecified atom stereocenters. The molecule has 0 saturated heterocycles. The second kappa shape index (κ2) is 6.01. The van der Waals surface area contributed by atoms with E-state index >= 15 is 0 Å². The lowest BCUT2D eigenvalue weighted by molar-refractivity contribution is -0.274. The number of hydrogen-bond donors (Lipinski definition) is 1. The lowest BCUT2D eigenvalue weighted by Crippen LogP contribution is -2.17. The lowest BCUT2D eigenvalue weighted by atomic mass is 10.1. The number of carboxylic acids is 1. The number of nitrogens with zero attached hydrogens (tertiary/aromatic N) is 3. The summed E-state index contributed by atoms with van der Waals surface area (Å²) in [5.74, 6) is -0.650. The topological polar surface area (TPSA) is 69.3 Å². The maximum atomic E-state index is 12.4. The van der Waals surface area contributed by atoms with Crippen molar-refractivity contribution in [1.82, 2.24) is 14.1 Å². The minimum atomic E-state index is -4.76. The Labute approximate surface area is 156 Å². The zero-order valence-electron chi connectivity index (χ0n) is 14.8. The third kappa shape index (κ3) is 2.84. The van der Waals surface area contributed by atoms with Gasteiger partial charge in [-0.3, -0.25) is 4.57 Å². The normalized spacial score (nSPS) is 12.0. The fourth-order valence-electron chi connectivity index (χ4n) is 3.28. The Morgan fingerprint density at radius 1 is 1.14 bits per heavy atom. The van der Waals surface area contributed by atoms with Gasteiger partial charge < -0.3 is 14.4 Å². The van der Waals surface area contributed by atoms with Gasteiger partial charge in [-0.1, -0.05) is 0 Å². The SMILES string of the molecule is Cc1nc2c(c3cc(C(=O)O)ccc3n2-c2ccc(OC(F)(F)F)cc2)n1C. The molecule has 2 aromatic heterocycles. The van der Waals surface area contributed by atoms with Gasteiger partial charge in [0, 0.05) is 18.1 Å². The van der Waals surface area contributed by atoms with Crippen LogP contribution in [0.2, 0.25) is 0 Å². The number of alkyl halides is 3. The number of hydrogen-bond acceptors (Lipinski definition) is 3. The fraction of sp³-hybridized carbons (Fsp3) is 0.158. The smallest absolute Gasteiger partial charge is 0.478 e. The van der Waals surface area contributed by atoms with Crippen LogP contribution in [0.3, 0.4) is 0 Å². The molecule has 28 heavy (non-hydrogen) atoms. The minimum absolute atomic E-state index is 0.138. The number of carboxylic acid groups (broad SMARTS) is 1. The second-order valence-electron chi connectivity index (χ2n) is 6.30. The van der Waals surface area contributed by atoms with Gasteiger partial charge in [-0.05, 0) is 49.4 Å². The van der Waals surface area contributed by atoms with Crippen molar-refractivity contribution in [1.29, 1.82) is 0 Å². The summed E-state index contributed by atoms with van der Waals surface area (Å²) >= 11 is 0. The largest absolute Gasteiger partial charge is 0.573 e. The van der Waals surface area contributed by atoms with E-state index in [1.165, 1.54) is 30.3 Å². The van der Waals surface area contributed by atoms with Crippen molar-refractivity contribution in [2.45, 2.75) is 13.3 Å². The van der Waals surface area contributed by atoms with Gasteiger partial charge in [0.25, 0.3) is 0 Å². The predicted octanol–water partition coefficient (Wildman–Crippen LogP) is 4.42. The summed E-state index contributed by atoms with van der Waals surface area (Å²) in [7, 11) is 1.82. The highest BCUT2D eigenvalue weighted by Gasteiger charge is 2.31. The molecule has 0 radical (unpaired) electrons. The molecule has 4 aromatic rings. The Hall–Kier alpha value is -3.49. The Morgan fingerprint density at radius 2 is 1.82 bits per heavy atom. The van der Waals surface area contributed by atoms with Crippen molar-refractivity contribution in [3.63, 3.8) is 0 Å². The van der Waals surface area contributed by atoms with E-state index < -0.39 is 12.3 Å². The van der Waals surface area contributed by atoms with Gasteiger partial charge in [-0.15, -0.1) is 13.2 Å². The molecule has 0 atom stereocenters. The number of carbonyl (C=O) groups is 1. The summed E-state index contributed by atoms with van der Waals surface area (Å²) in [6, 6.07) is 10.1. The van der Waals surface area contributed by atoms with E-state index in [-0.39, 0.29) is 11.3 Å². The van der Waals surface area contributed by atoms with Gasteiger partial charge in [0.2, 0.25) is 0 Å². The van der Waals surface area contributed by atoms with Crippen LogP contribution >= 0.6 is 0 Å². The van der Waals surface area contributed by atoms with Gasteiger partial charge >= 0.3 is 12.3 Å². The average Bonchev–Trinajstić information content (AvgIpc) is 3.08. The molecule has 0 fully saturated rings. The highest BCUT2D eigenvalue weighted by molar-refractivity contribution is 6.08. The lowest BCUT2D eigenvalue weighted by Gasteiger charge is -2.10. The van der Waals surface area contributed by atoms with E-state index in [4.69, 9.17) is 0 Å². The minimum Gasteiger partial charge on any atom is -0.478 e. The Bertz CT molecular complexity index is 1220. The van der Waals surface area contributed by atoms with E-state index in [1.807, 2.05) is 18.5 Å². The molecule has 4 rings (SSSR count). The fourth-order valence-corrected chi connectivity index (χ4v) is 3.28. The summed E-state index contributed by atoms with van der Waals surface area (Å²) < 4.78 is 44.7. The van der Waals surface area contributed by atoms with Crippen LogP contribution in [0, 0.1) is 6.92 Å². The van der Waals surface area contributed by atoms with Crippen molar-refractivity contribution < 1.29 is 27.8 Å². The van der Waals surface area contributed by atoms with Gasteiger partial charge in [0.05, 0.1) is 16.6 Å². The first-order valence-corrected chi connectivity index (χ1v) is 8.22. The van der Waals surface area contributed by atoms with Crippen LogP contribution in [0.4, 0.5) is 13.2 Å². The molecule has 0 saturated carbocycles. The number of imidazole rings is 1. The average molecular weight is 389 g/mol. The number of aromatic carboxylic acids is 1. The van der Waals surface area contributed by atoms with Crippen molar-refractivity contribution in [2.75, 3.05) is 0 Å². The Morgan fingerprint density at radius 3 is 2.43 bits per heavy atom. The second-order valence-corrected chi connectivity index (χ2v) is 6.30. The summed E-state index contributed by atoms with van der Waals surface area (Å²) in [6.07, 6.45) is -4.76. The monoisotopic (exact) mass is 389 g/mol. The summed E-state index contributed by atoms with van der Waals surface area (Å²) in [5, 5.41) is 9.99. The number of halogens is 3. The van der Waals surface area contributed by atoms with Crippen molar-refractivity contribution >= 4 is 28.0 Å². The van der Waals surface area contributed by atoms with Crippen LogP contribution in [-0.4, -0.2) is 31.6 Å². The summed E-state index contributed by atoms with van der Waals surface area (Å²) in [4.78, 5) is 15.9. The van der Waals surface area contributed by atoms with Gasteiger partial charge in [0.15, 0.2) is 5.65 Å². The zero-order chi connectivity index (χ0) is 20.2. The van der Waals surface area contributed by atoms with Crippen LogP contribution in [0.1, 0.15) is 16.2 Å². The number of fused-ring (bicyclic) bond motifs is 3. The Kier molecular flexibility index (Phi) is 3.84. The third-order valence-corrected chi connectivity index (χ3v) is 4.58. The zero-order valence-corrected chi connectivity index (χ0v) is 14.8. The molecular formula is C19H14F3N3O3. The van der Waals surface area contributed by atoms with E-state index in [1.54, 1.807) is 16.7 Å². The van der Waals surface area contributed by atoms with Crippen LogP contribution in [0.25, 0.3) is 27.8 Å². The molecule has 0 bridgehead atoms. The molecule has 0 spiro atoms. The third-order valence-electron chi connectivity index (χ3n) is 4.58. The number of aryl methyl sites for hydroxylation is 2. The standard InChI is InChI=1S/C19H14F3N3O3/c1-10-23-17-16(24(10)2)14-9-11(18(26)27)3-8-15(14)25(17)12-4-6-13(7-5-12)28-19(20,21)22/h3-9H,1-2H3,(H,26,27). The van der Waals surface area contributed by atoms with Crippen molar-refractivity contribution in [3.05, 3.63) is 53.9 Å². The molecular weight excluding hydrogens is 375 g/mol. The summed E-state index contributed by atoms with van der Waals surface area (Å²) in [6.45, 7) is 1.82. The van der Waals surface area contributed by atoms with Crippen LogP contribution in [-0.2, 0) is 7.05 Å². The number of ether oxygens (including phenoxy) is 1. The molecule has 9 heteroatoms. The van der Waals surface area contributed by atoms with Crippen LogP contribution in [0.15, 0.2) is 42.5 Å². The van der Waals surface area contributed by atoms with E-state index in [2.05, 4.69) is 9.72 Å². The molecule has 0 amide bonds. The van der Waals surface area contributed by atoms with E-state index in [0.29, 0.717) is 22.2 Å². The quantitative estimate of drug-likeness (QED) is 0.563. The van der Waals surface area contributed by atoms with Gasteiger partial charge in [-0.2, -0.15) is 0 Å².